The minimum Gasteiger partial charge on any atom is -0.363 e. The number of nitrogens with one attached hydrogen (secondary N) is 2. The highest BCUT2D eigenvalue weighted by molar-refractivity contribution is 6.34. The number of nitrogens with zero attached hydrogens (tertiary/aromatic N) is 3. The fourth-order valence-corrected chi connectivity index (χ4v) is 2.84. The maximum absolute atomic E-state index is 12.4. The van der Waals surface area contributed by atoms with E-state index in [1.807, 2.05) is 38.1 Å². The molecule has 0 atom stereocenters. The van der Waals surface area contributed by atoms with Crippen molar-refractivity contribution in [1.82, 2.24) is 15.0 Å². The van der Waals surface area contributed by atoms with Crippen molar-refractivity contribution in [1.29, 1.82) is 0 Å². The van der Waals surface area contributed by atoms with Gasteiger partial charge in [-0.1, -0.05) is 23.7 Å². The van der Waals surface area contributed by atoms with Gasteiger partial charge in [-0.15, -0.1) is 0 Å². The molecule has 0 unspecified atom stereocenters. The maximum Gasteiger partial charge on any atom is 0.275 e. The summed E-state index contributed by atoms with van der Waals surface area (Å²) < 4.78 is 0. The molecule has 2 heterocycles. The first-order valence-corrected chi connectivity index (χ1v) is 8.44. The zero-order valence-corrected chi connectivity index (χ0v) is 15.2. The molecular weight excluding hydrogens is 350 g/mol. The van der Waals surface area contributed by atoms with Crippen molar-refractivity contribution in [2.24, 2.45) is 0 Å². The average Bonchev–Trinajstić information content (AvgIpc) is 2.64. The lowest BCUT2D eigenvalue weighted by atomic mass is 10.1. The van der Waals surface area contributed by atoms with Gasteiger partial charge in [-0.25, -0.2) is 9.97 Å². The molecule has 0 fully saturated rings. The quantitative estimate of drug-likeness (QED) is 0.712. The van der Waals surface area contributed by atoms with Gasteiger partial charge in [-0.05, 0) is 43.2 Å². The molecule has 3 aromatic rings. The van der Waals surface area contributed by atoms with E-state index in [0.29, 0.717) is 23.1 Å². The van der Waals surface area contributed by atoms with Gasteiger partial charge in [-0.3, -0.25) is 9.78 Å². The fourth-order valence-electron chi connectivity index (χ4n) is 2.47. The van der Waals surface area contributed by atoms with Gasteiger partial charge in [-0.2, -0.15) is 0 Å². The lowest BCUT2D eigenvalue weighted by molar-refractivity contribution is 0.102. The van der Waals surface area contributed by atoms with Crippen molar-refractivity contribution in [3.63, 3.8) is 0 Å². The number of hydrogen-bond donors (Lipinski definition) is 2. The van der Waals surface area contributed by atoms with Crippen LogP contribution in [0.2, 0.25) is 5.02 Å². The van der Waals surface area contributed by atoms with Gasteiger partial charge in [0.1, 0.15) is 11.5 Å². The molecule has 1 amide bonds. The molecule has 0 spiro atoms. The Kier molecular flexibility index (Phi) is 5.43. The van der Waals surface area contributed by atoms with Gasteiger partial charge in [0.05, 0.1) is 35.3 Å². The number of pyridine rings is 1. The van der Waals surface area contributed by atoms with Crippen LogP contribution < -0.4 is 10.6 Å². The predicted molar refractivity (Wildman–Crippen MR) is 102 cm³/mol. The first-order valence-electron chi connectivity index (χ1n) is 8.07. The van der Waals surface area contributed by atoms with Gasteiger partial charge < -0.3 is 10.6 Å². The van der Waals surface area contributed by atoms with Crippen LogP contribution in [0.5, 0.6) is 0 Å². The highest BCUT2D eigenvalue weighted by Gasteiger charge is 2.13. The van der Waals surface area contributed by atoms with Crippen LogP contribution in [0.1, 0.15) is 27.3 Å². The van der Waals surface area contributed by atoms with E-state index in [9.17, 15) is 4.79 Å². The molecule has 0 bridgehead atoms. The van der Waals surface area contributed by atoms with E-state index in [-0.39, 0.29) is 11.6 Å². The number of amides is 1. The lowest BCUT2D eigenvalue weighted by Gasteiger charge is -2.11. The summed E-state index contributed by atoms with van der Waals surface area (Å²) in [6.07, 6.45) is 4.67. The molecule has 0 aliphatic rings. The third-order valence-electron chi connectivity index (χ3n) is 3.73. The summed E-state index contributed by atoms with van der Waals surface area (Å²) in [6, 6.07) is 9.45. The molecule has 2 aromatic heterocycles. The second kappa shape index (κ2) is 7.93. The number of rotatable bonds is 5. The number of anilines is 2. The van der Waals surface area contributed by atoms with Crippen LogP contribution in [0, 0.1) is 13.8 Å². The van der Waals surface area contributed by atoms with Crippen molar-refractivity contribution in [3.05, 3.63) is 76.5 Å². The molecule has 2 N–H and O–H groups in total. The van der Waals surface area contributed by atoms with Crippen LogP contribution in [-0.2, 0) is 6.54 Å². The van der Waals surface area contributed by atoms with E-state index in [2.05, 4.69) is 25.6 Å². The second-order valence-electron chi connectivity index (χ2n) is 5.85. The predicted octanol–water partition coefficient (Wildman–Crippen LogP) is 4.01. The number of halogens is 1. The van der Waals surface area contributed by atoms with E-state index >= 15 is 0 Å². The molecular formula is C19H18ClN5O. The summed E-state index contributed by atoms with van der Waals surface area (Å²) in [4.78, 5) is 25.0. The van der Waals surface area contributed by atoms with E-state index in [1.165, 1.54) is 12.4 Å². The Hall–Kier alpha value is -2.99. The lowest BCUT2D eigenvalue weighted by Crippen LogP contribution is -2.15. The van der Waals surface area contributed by atoms with Crippen LogP contribution >= 0.6 is 11.6 Å². The largest absolute Gasteiger partial charge is 0.363 e. The molecule has 26 heavy (non-hydrogen) atoms. The van der Waals surface area contributed by atoms with Crippen molar-refractivity contribution >= 4 is 29.0 Å². The van der Waals surface area contributed by atoms with Crippen LogP contribution in [0.4, 0.5) is 11.5 Å². The molecule has 3 rings (SSSR count). The number of carbonyl (C=O) groups excluding carboxylic acids is 1. The van der Waals surface area contributed by atoms with Crippen LogP contribution in [-0.4, -0.2) is 20.9 Å². The smallest absolute Gasteiger partial charge is 0.275 e. The number of aromatic nitrogens is 3. The number of benzene rings is 1. The number of hydrogen-bond acceptors (Lipinski definition) is 5. The molecule has 0 saturated carbocycles. The van der Waals surface area contributed by atoms with Gasteiger partial charge in [0.15, 0.2) is 0 Å². The van der Waals surface area contributed by atoms with Crippen molar-refractivity contribution < 1.29 is 4.79 Å². The topological polar surface area (TPSA) is 79.8 Å². The Morgan fingerprint density at radius 2 is 1.96 bits per heavy atom. The highest BCUT2D eigenvalue weighted by Crippen LogP contribution is 2.27. The Labute approximate surface area is 156 Å². The molecule has 0 radical (unpaired) electrons. The molecule has 0 saturated heterocycles. The number of aryl methyl sites for hydroxylation is 2. The van der Waals surface area contributed by atoms with Crippen LogP contribution in [0.15, 0.2) is 48.9 Å². The van der Waals surface area contributed by atoms with E-state index in [0.717, 1.165) is 16.8 Å². The van der Waals surface area contributed by atoms with Crippen LogP contribution in [0.25, 0.3) is 0 Å². The van der Waals surface area contributed by atoms with Crippen molar-refractivity contribution in [2.75, 3.05) is 10.6 Å². The third kappa shape index (κ3) is 4.34. The van der Waals surface area contributed by atoms with Gasteiger partial charge in [0, 0.05) is 6.20 Å². The monoisotopic (exact) mass is 367 g/mol. The maximum atomic E-state index is 12.4. The molecule has 0 aliphatic heterocycles. The van der Waals surface area contributed by atoms with Crippen LogP contribution in [0.3, 0.4) is 0 Å². The van der Waals surface area contributed by atoms with Gasteiger partial charge >= 0.3 is 0 Å². The molecule has 6 nitrogen and oxygen atoms in total. The molecule has 132 valence electrons. The SMILES string of the molecule is Cc1cc(C)c(NC(=O)c2cnc(NCc3ccccn3)cn2)c(Cl)c1. The third-order valence-corrected chi connectivity index (χ3v) is 4.03. The van der Waals surface area contributed by atoms with E-state index in [4.69, 9.17) is 11.6 Å². The molecule has 7 heteroatoms. The first-order chi connectivity index (χ1) is 12.5. The second-order valence-corrected chi connectivity index (χ2v) is 6.26. The summed E-state index contributed by atoms with van der Waals surface area (Å²) in [7, 11) is 0. The summed E-state index contributed by atoms with van der Waals surface area (Å²) in [5.41, 5.74) is 3.62. The Morgan fingerprint density at radius 3 is 2.62 bits per heavy atom. The van der Waals surface area contributed by atoms with E-state index < -0.39 is 0 Å². The Balaban J connectivity index is 1.66. The summed E-state index contributed by atoms with van der Waals surface area (Å²) in [5.74, 6) is 0.208. The van der Waals surface area contributed by atoms with Gasteiger partial charge in [0.25, 0.3) is 5.91 Å². The van der Waals surface area contributed by atoms with Crippen molar-refractivity contribution in [2.45, 2.75) is 20.4 Å². The van der Waals surface area contributed by atoms with Gasteiger partial charge in [0.2, 0.25) is 0 Å². The van der Waals surface area contributed by atoms with E-state index in [1.54, 1.807) is 12.3 Å². The zero-order valence-electron chi connectivity index (χ0n) is 14.5. The zero-order chi connectivity index (χ0) is 18.5. The minimum atomic E-state index is -0.359. The minimum absolute atomic E-state index is 0.212. The standard InChI is InChI=1S/C19H18ClN5O/c1-12-7-13(2)18(15(20)8-12)25-19(26)16-10-24-17(11-22-16)23-9-14-5-3-4-6-21-14/h3-8,10-11H,9H2,1-2H3,(H,23,24)(H,25,26). The highest BCUT2D eigenvalue weighted by atomic mass is 35.5. The number of carbonyl (C=O) groups is 1. The average molecular weight is 368 g/mol. The molecule has 1 aromatic carbocycles. The molecule has 0 aliphatic carbocycles. The Morgan fingerprint density at radius 1 is 1.12 bits per heavy atom. The summed E-state index contributed by atoms with van der Waals surface area (Å²) >= 11 is 6.22. The van der Waals surface area contributed by atoms with Crippen molar-refractivity contribution in [3.8, 4) is 0 Å². The normalized spacial score (nSPS) is 10.4. The first kappa shape index (κ1) is 17.8. The Bertz CT molecular complexity index is 890. The summed E-state index contributed by atoms with van der Waals surface area (Å²) in [6.45, 7) is 4.37. The summed E-state index contributed by atoms with van der Waals surface area (Å²) in [5, 5.41) is 6.41. The fraction of sp³-hybridized carbons (Fsp3) is 0.158.